The number of carbonyl (C=O) groups excluding carboxylic acids is 1. The Balaban J connectivity index is 1.74. The van der Waals surface area contributed by atoms with Crippen molar-refractivity contribution in [3.05, 3.63) is 29.8 Å². The molecule has 1 fully saturated rings. The van der Waals surface area contributed by atoms with Gasteiger partial charge in [-0.2, -0.15) is 0 Å². The number of rotatable bonds is 5. The van der Waals surface area contributed by atoms with Crippen LogP contribution in [0.4, 0.5) is 0 Å². The number of ether oxygens (including phenoxy) is 2. The molecule has 20 heavy (non-hydrogen) atoms. The summed E-state index contributed by atoms with van der Waals surface area (Å²) >= 11 is 0. The zero-order chi connectivity index (χ0) is 14.4. The molecule has 0 spiro atoms. The molecule has 0 heterocycles. The Morgan fingerprint density at radius 1 is 1.15 bits per heavy atom. The molecule has 1 aliphatic carbocycles. The summed E-state index contributed by atoms with van der Waals surface area (Å²) < 4.78 is 9.95. The number of esters is 1. The summed E-state index contributed by atoms with van der Waals surface area (Å²) in [5.74, 6) is 0.921. The van der Waals surface area contributed by atoms with Crippen LogP contribution in [0.3, 0.4) is 0 Å². The molecule has 0 aliphatic heterocycles. The Morgan fingerprint density at radius 2 is 1.80 bits per heavy atom. The Morgan fingerprint density at radius 3 is 2.35 bits per heavy atom. The Labute approximate surface area is 120 Å². The van der Waals surface area contributed by atoms with Crippen LogP contribution in [0.15, 0.2) is 24.3 Å². The lowest BCUT2D eigenvalue weighted by Crippen LogP contribution is -2.34. The van der Waals surface area contributed by atoms with Crippen molar-refractivity contribution >= 4 is 5.97 Å². The first-order valence-corrected chi connectivity index (χ1v) is 7.17. The Bertz CT molecular complexity index is 422. The van der Waals surface area contributed by atoms with Gasteiger partial charge in [0.05, 0.1) is 20.1 Å². The van der Waals surface area contributed by atoms with Crippen LogP contribution in [-0.2, 0) is 16.1 Å². The van der Waals surface area contributed by atoms with Gasteiger partial charge in [-0.1, -0.05) is 12.1 Å². The number of carbonyl (C=O) groups is 1. The van der Waals surface area contributed by atoms with E-state index in [9.17, 15) is 4.79 Å². The molecular formula is C16H23NO3. The summed E-state index contributed by atoms with van der Waals surface area (Å²) in [5.41, 5.74) is 1.25. The maximum absolute atomic E-state index is 11.5. The third kappa shape index (κ3) is 3.97. The average molecular weight is 277 g/mol. The zero-order valence-electron chi connectivity index (χ0n) is 12.2. The molecule has 0 unspecified atom stereocenters. The van der Waals surface area contributed by atoms with E-state index < -0.39 is 0 Å². The fraction of sp³-hybridized carbons (Fsp3) is 0.562. The third-order valence-corrected chi connectivity index (χ3v) is 4.02. The van der Waals surface area contributed by atoms with E-state index in [0.717, 1.165) is 38.0 Å². The standard InChI is InChI=1S/C16H23NO3/c1-19-15-9-3-12(4-10-15)11-17-14-7-5-13(6-8-14)16(18)20-2/h3-4,9-10,13-14,17H,5-8,11H2,1-2H3. The molecule has 0 aromatic heterocycles. The molecule has 4 nitrogen and oxygen atoms in total. The highest BCUT2D eigenvalue weighted by Gasteiger charge is 2.26. The second kappa shape index (κ2) is 7.29. The molecule has 1 aromatic rings. The van der Waals surface area contributed by atoms with Gasteiger partial charge in [-0.25, -0.2) is 0 Å². The van der Waals surface area contributed by atoms with E-state index in [2.05, 4.69) is 17.4 Å². The highest BCUT2D eigenvalue weighted by Crippen LogP contribution is 2.25. The summed E-state index contributed by atoms with van der Waals surface area (Å²) in [5, 5.41) is 3.56. The average Bonchev–Trinajstić information content (AvgIpc) is 2.53. The number of nitrogens with one attached hydrogen (secondary N) is 1. The molecule has 110 valence electrons. The first-order valence-electron chi connectivity index (χ1n) is 7.17. The summed E-state index contributed by atoms with van der Waals surface area (Å²) in [6, 6.07) is 8.60. The van der Waals surface area contributed by atoms with Crippen LogP contribution < -0.4 is 10.1 Å². The molecule has 1 aliphatic rings. The van der Waals surface area contributed by atoms with Crippen LogP contribution in [0.1, 0.15) is 31.2 Å². The van der Waals surface area contributed by atoms with E-state index in [-0.39, 0.29) is 11.9 Å². The van der Waals surface area contributed by atoms with Crippen molar-refractivity contribution < 1.29 is 14.3 Å². The summed E-state index contributed by atoms with van der Waals surface area (Å²) in [6.45, 7) is 0.859. The number of hydrogen-bond donors (Lipinski definition) is 1. The van der Waals surface area contributed by atoms with Crippen LogP contribution >= 0.6 is 0 Å². The minimum atomic E-state index is -0.0568. The van der Waals surface area contributed by atoms with Crippen LogP contribution in [-0.4, -0.2) is 26.2 Å². The van der Waals surface area contributed by atoms with Crippen LogP contribution in [0.25, 0.3) is 0 Å². The van der Waals surface area contributed by atoms with Gasteiger partial charge < -0.3 is 14.8 Å². The van der Waals surface area contributed by atoms with Crippen molar-refractivity contribution in [1.82, 2.24) is 5.32 Å². The van der Waals surface area contributed by atoms with E-state index in [1.165, 1.54) is 12.7 Å². The predicted octanol–water partition coefficient (Wildman–Crippen LogP) is 2.52. The molecule has 4 heteroatoms. The van der Waals surface area contributed by atoms with Crippen molar-refractivity contribution in [3.8, 4) is 5.75 Å². The van der Waals surface area contributed by atoms with Crippen molar-refractivity contribution in [2.45, 2.75) is 38.3 Å². The molecule has 2 rings (SSSR count). The van der Waals surface area contributed by atoms with Crippen molar-refractivity contribution in [1.29, 1.82) is 0 Å². The van der Waals surface area contributed by atoms with E-state index in [0.29, 0.717) is 6.04 Å². The SMILES string of the molecule is COC(=O)C1CCC(NCc2ccc(OC)cc2)CC1. The quantitative estimate of drug-likeness (QED) is 0.840. The Hall–Kier alpha value is -1.55. The maximum Gasteiger partial charge on any atom is 0.308 e. The van der Waals surface area contributed by atoms with E-state index >= 15 is 0 Å². The van der Waals surface area contributed by atoms with E-state index in [1.54, 1.807) is 7.11 Å². The smallest absolute Gasteiger partial charge is 0.308 e. The maximum atomic E-state index is 11.5. The molecule has 0 amide bonds. The molecule has 1 N–H and O–H groups in total. The summed E-state index contributed by atoms with van der Waals surface area (Å²) in [7, 11) is 3.14. The lowest BCUT2D eigenvalue weighted by Gasteiger charge is -2.27. The molecule has 1 aromatic carbocycles. The normalized spacial score (nSPS) is 22.3. The van der Waals surface area contributed by atoms with Gasteiger partial charge in [0.25, 0.3) is 0 Å². The van der Waals surface area contributed by atoms with Crippen molar-refractivity contribution in [2.75, 3.05) is 14.2 Å². The monoisotopic (exact) mass is 277 g/mol. The summed E-state index contributed by atoms with van der Waals surface area (Å²) in [6.07, 6.45) is 3.92. The van der Waals surface area contributed by atoms with Gasteiger partial charge >= 0.3 is 5.97 Å². The molecule has 0 saturated heterocycles. The molecule has 0 bridgehead atoms. The Kier molecular flexibility index (Phi) is 5.41. The van der Waals surface area contributed by atoms with Gasteiger partial charge in [-0.05, 0) is 43.4 Å². The van der Waals surface area contributed by atoms with Gasteiger partial charge in [0.15, 0.2) is 0 Å². The van der Waals surface area contributed by atoms with Crippen molar-refractivity contribution in [3.63, 3.8) is 0 Å². The zero-order valence-corrected chi connectivity index (χ0v) is 12.2. The first-order chi connectivity index (χ1) is 9.72. The number of methoxy groups -OCH3 is 2. The van der Waals surface area contributed by atoms with Gasteiger partial charge in [-0.3, -0.25) is 4.79 Å². The second-order valence-corrected chi connectivity index (χ2v) is 5.30. The minimum Gasteiger partial charge on any atom is -0.497 e. The van der Waals surface area contributed by atoms with Gasteiger partial charge in [0.1, 0.15) is 5.75 Å². The number of benzene rings is 1. The van der Waals surface area contributed by atoms with E-state index in [4.69, 9.17) is 9.47 Å². The molecule has 1 saturated carbocycles. The molecular weight excluding hydrogens is 254 g/mol. The largest absolute Gasteiger partial charge is 0.497 e. The third-order valence-electron chi connectivity index (χ3n) is 4.02. The van der Waals surface area contributed by atoms with Crippen LogP contribution in [0.5, 0.6) is 5.75 Å². The van der Waals surface area contributed by atoms with E-state index in [1.807, 2.05) is 12.1 Å². The van der Waals surface area contributed by atoms with Crippen molar-refractivity contribution in [2.24, 2.45) is 5.92 Å². The van der Waals surface area contributed by atoms with Gasteiger partial charge in [0.2, 0.25) is 0 Å². The summed E-state index contributed by atoms with van der Waals surface area (Å²) in [4.78, 5) is 11.5. The first kappa shape index (κ1) is 14.9. The van der Waals surface area contributed by atoms with Gasteiger partial charge in [-0.15, -0.1) is 0 Å². The molecule has 0 radical (unpaired) electrons. The van der Waals surface area contributed by atoms with Crippen LogP contribution in [0, 0.1) is 5.92 Å². The molecule has 0 atom stereocenters. The van der Waals surface area contributed by atoms with Crippen LogP contribution in [0.2, 0.25) is 0 Å². The van der Waals surface area contributed by atoms with Gasteiger partial charge in [0, 0.05) is 12.6 Å². The minimum absolute atomic E-state index is 0.0568. The lowest BCUT2D eigenvalue weighted by atomic mass is 9.86. The topological polar surface area (TPSA) is 47.6 Å². The highest BCUT2D eigenvalue weighted by molar-refractivity contribution is 5.72. The second-order valence-electron chi connectivity index (χ2n) is 5.30. The number of hydrogen-bond acceptors (Lipinski definition) is 4. The fourth-order valence-corrected chi connectivity index (χ4v) is 2.71. The predicted molar refractivity (Wildman–Crippen MR) is 77.6 cm³/mol. The fourth-order valence-electron chi connectivity index (χ4n) is 2.71. The highest BCUT2D eigenvalue weighted by atomic mass is 16.5. The lowest BCUT2D eigenvalue weighted by molar-refractivity contribution is -0.146.